The Hall–Kier alpha value is -7.53. The molecule has 86 heavy (non-hydrogen) atoms. The summed E-state index contributed by atoms with van der Waals surface area (Å²) in [5, 5.41) is 9.02. The first kappa shape index (κ1) is 66.0. The van der Waals surface area contributed by atoms with Crippen LogP contribution < -0.4 is 20.7 Å². The third-order valence-electron chi connectivity index (χ3n) is 15.6. The number of aromatic nitrogens is 2. The molecule has 3 heterocycles. The van der Waals surface area contributed by atoms with Crippen molar-refractivity contribution in [2.24, 2.45) is 13.0 Å². The van der Waals surface area contributed by atoms with Gasteiger partial charge in [0.2, 0.25) is 29.5 Å². The fourth-order valence-electron chi connectivity index (χ4n) is 10.5. The number of ether oxygens (including phenoxy) is 3. The summed E-state index contributed by atoms with van der Waals surface area (Å²) >= 11 is 12.9. The molecule has 0 bridgehead atoms. The molecule has 2 fully saturated rings. The highest BCUT2D eigenvalue weighted by molar-refractivity contribution is 6.31. The number of likely N-dealkylation sites (N-methyl/N-ethyl adjacent to an activating group) is 2. The monoisotopic (exact) mass is 1230 g/mol. The number of hydrogen-bond donors (Lipinski definition) is 3. The van der Waals surface area contributed by atoms with Gasteiger partial charge < -0.3 is 49.4 Å². The number of hydrogen-bond acceptors (Lipinski definition) is 12. The quantitative estimate of drug-likeness (QED) is 0.0506. The van der Waals surface area contributed by atoms with Crippen LogP contribution in [0.25, 0.3) is 11.3 Å². The van der Waals surface area contributed by atoms with E-state index in [4.69, 9.17) is 37.7 Å². The molecule has 6 amide bonds. The minimum absolute atomic E-state index is 0.0265. The molecule has 0 saturated carbocycles. The molecule has 3 N–H and O–H groups in total. The third-order valence-corrected chi connectivity index (χ3v) is 16.1. The maximum Gasteiger partial charge on any atom is 0.490 e. The van der Waals surface area contributed by atoms with E-state index in [2.05, 4.69) is 30.2 Å². The lowest BCUT2D eigenvalue weighted by Gasteiger charge is -2.35. The molecule has 1 aromatic heterocycles. The number of rotatable bonds is 20. The number of likely N-dealkylation sites (tertiary alicyclic amines) is 1. The number of unbranched alkanes of at least 4 members (excludes halogenated alkanes) is 1. The van der Waals surface area contributed by atoms with E-state index in [1.807, 2.05) is 55.7 Å². The first-order valence-electron chi connectivity index (χ1n) is 28.6. The van der Waals surface area contributed by atoms with Crippen molar-refractivity contribution in [1.29, 1.82) is 0 Å². The summed E-state index contributed by atoms with van der Waals surface area (Å²) in [5.74, 6) is -5.64. The zero-order chi connectivity index (χ0) is 62.1. The standard InChI is InChI=1S/C62H74Cl2F3N9O10/c1-40-58(80)71-51(38-84-5)60(82)73(3)49(30-42-16-21-46(63)22-17-42)33-55(77)70-34-48(15-9-10-26-68-56(78)39-85-61(83)62(65,66)67)72(2)59(81)45(29-41-13-7-6-8-14-41)31-57(79)76(40)36-44-18-23-47(64)32-53(44)86-50-24-19-43(20-25-50)52-35-69-54(74(52)4)37-75-27-11-12-28-75/h6-8,13-14,16-25,32,35,40,45,48-49,51H,9-12,15,26-31,33-34,36-39H2,1-5H3,(H,68,78)(H,70,77)(H,71,80)/t40-,45+,48-,49-,51-/m0/s1. The molecule has 0 aliphatic carbocycles. The number of carbonyl (C=O) groups excluding carboxylic acids is 7. The Morgan fingerprint density at radius 2 is 1.47 bits per heavy atom. The van der Waals surface area contributed by atoms with Gasteiger partial charge in [0.05, 0.1) is 37.5 Å². The van der Waals surface area contributed by atoms with Crippen LogP contribution in [-0.2, 0) is 76.0 Å². The average Bonchev–Trinajstić information content (AvgIpc) is 2.80. The van der Waals surface area contributed by atoms with Crippen molar-refractivity contribution < 1.29 is 60.9 Å². The number of halogens is 5. The minimum Gasteiger partial charge on any atom is -0.457 e. The highest BCUT2D eigenvalue weighted by atomic mass is 35.5. The molecule has 0 spiro atoms. The SMILES string of the molecule is COC[C@@H]1NC(=O)[C@H](C)N(Cc2ccc(Cl)cc2Oc2ccc(-c3cnc(CN4CCCC4)n3C)cc2)C(=O)C[C@@H](Cc2ccccc2)C(=O)N(C)[C@@H](CCCCNC(=O)COC(=O)C(F)(F)F)CNC(=O)C[C@H](Cc2ccc(Cl)cc2)N(C)C1=O. The van der Waals surface area contributed by atoms with Gasteiger partial charge in [-0.2, -0.15) is 13.2 Å². The molecule has 0 radical (unpaired) electrons. The largest absolute Gasteiger partial charge is 0.490 e. The molecule has 4 aromatic carbocycles. The van der Waals surface area contributed by atoms with Crippen molar-refractivity contribution in [3.8, 4) is 22.8 Å². The highest BCUT2D eigenvalue weighted by Gasteiger charge is 2.41. The van der Waals surface area contributed by atoms with Crippen LogP contribution in [0.4, 0.5) is 13.2 Å². The number of carbonyl (C=O) groups is 7. The number of benzene rings is 4. The topological polar surface area (TPSA) is 214 Å². The molecule has 2 saturated heterocycles. The van der Waals surface area contributed by atoms with Gasteiger partial charge in [-0.3, -0.25) is 33.7 Å². The van der Waals surface area contributed by atoms with Gasteiger partial charge in [-0.25, -0.2) is 9.78 Å². The molecule has 19 nitrogen and oxygen atoms in total. The van der Waals surface area contributed by atoms with E-state index in [-0.39, 0.29) is 64.1 Å². The molecule has 5 aromatic rings. The van der Waals surface area contributed by atoms with Crippen LogP contribution in [0.2, 0.25) is 10.0 Å². The summed E-state index contributed by atoms with van der Waals surface area (Å²) in [5.41, 5.74) is 3.77. The number of nitrogens with one attached hydrogen (secondary N) is 3. The number of esters is 1. The molecule has 2 aliphatic rings. The predicted molar refractivity (Wildman–Crippen MR) is 317 cm³/mol. The third kappa shape index (κ3) is 18.7. The Kier molecular flexibility index (Phi) is 24.0. The number of amides is 6. The summed E-state index contributed by atoms with van der Waals surface area (Å²) in [7, 11) is 6.44. The first-order valence-corrected chi connectivity index (χ1v) is 29.3. The van der Waals surface area contributed by atoms with E-state index in [0.717, 1.165) is 47.8 Å². The lowest BCUT2D eigenvalue weighted by atomic mass is 9.92. The van der Waals surface area contributed by atoms with E-state index in [1.54, 1.807) is 61.6 Å². The average molecular weight is 1230 g/mol. The maximum absolute atomic E-state index is 15.4. The van der Waals surface area contributed by atoms with Crippen LogP contribution in [-0.4, -0.2) is 162 Å². The van der Waals surface area contributed by atoms with E-state index in [1.165, 1.54) is 48.6 Å². The van der Waals surface area contributed by atoms with Crippen LogP contribution in [0.15, 0.2) is 103 Å². The second kappa shape index (κ2) is 31.2. The molecule has 7 rings (SSSR count). The van der Waals surface area contributed by atoms with E-state index >= 15 is 9.59 Å². The minimum atomic E-state index is -5.27. The highest BCUT2D eigenvalue weighted by Crippen LogP contribution is 2.33. The molecule has 2 aliphatic heterocycles. The summed E-state index contributed by atoms with van der Waals surface area (Å²) in [6.45, 7) is 2.60. The summed E-state index contributed by atoms with van der Waals surface area (Å²) in [6, 6.07) is 24.3. The lowest BCUT2D eigenvalue weighted by molar-refractivity contribution is -0.200. The summed E-state index contributed by atoms with van der Waals surface area (Å²) < 4.78 is 56.2. The summed E-state index contributed by atoms with van der Waals surface area (Å²) in [4.78, 5) is 109. The van der Waals surface area contributed by atoms with Crippen molar-refractivity contribution in [2.45, 2.75) is 108 Å². The fraction of sp³-hybridized carbons (Fsp3) is 0.452. The normalized spacial score (nSPS) is 19.9. The Balaban J connectivity index is 1.21. The van der Waals surface area contributed by atoms with Gasteiger partial charge in [0.15, 0.2) is 6.61 Å². The lowest BCUT2D eigenvalue weighted by Crippen LogP contribution is -2.57. The Labute approximate surface area is 508 Å². The first-order chi connectivity index (χ1) is 41.1. The van der Waals surface area contributed by atoms with Crippen LogP contribution in [0, 0.1) is 5.92 Å². The van der Waals surface area contributed by atoms with Crippen LogP contribution >= 0.6 is 23.2 Å². The number of nitrogens with zero attached hydrogens (tertiary/aromatic N) is 6. The van der Waals surface area contributed by atoms with Crippen molar-refractivity contribution in [2.75, 3.05) is 60.6 Å². The van der Waals surface area contributed by atoms with Gasteiger partial charge in [0.1, 0.15) is 29.4 Å². The van der Waals surface area contributed by atoms with Gasteiger partial charge in [0, 0.05) is 87.4 Å². The Morgan fingerprint density at radius 1 is 0.791 bits per heavy atom. The van der Waals surface area contributed by atoms with Crippen LogP contribution in [0.1, 0.15) is 74.4 Å². The second-order valence-corrected chi connectivity index (χ2v) is 22.6. The van der Waals surface area contributed by atoms with Gasteiger partial charge >= 0.3 is 12.1 Å². The molecular weight excluding hydrogens is 1160 g/mol. The molecule has 5 atom stereocenters. The molecule has 24 heteroatoms. The number of alkyl halides is 3. The van der Waals surface area contributed by atoms with Gasteiger partial charge in [-0.1, -0.05) is 71.7 Å². The van der Waals surface area contributed by atoms with E-state index in [0.29, 0.717) is 27.8 Å². The van der Waals surface area contributed by atoms with Gasteiger partial charge in [-0.05, 0) is 125 Å². The summed E-state index contributed by atoms with van der Waals surface area (Å²) in [6.07, 6.45) is -0.621. The maximum atomic E-state index is 15.4. The fourth-order valence-corrected chi connectivity index (χ4v) is 10.8. The second-order valence-electron chi connectivity index (χ2n) is 21.7. The van der Waals surface area contributed by atoms with Crippen LogP contribution in [0.5, 0.6) is 11.5 Å². The van der Waals surface area contributed by atoms with Crippen molar-refractivity contribution >= 4 is 64.6 Å². The van der Waals surface area contributed by atoms with Gasteiger partial charge in [-0.15, -0.1) is 0 Å². The zero-order valence-electron chi connectivity index (χ0n) is 48.9. The van der Waals surface area contributed by atoms with Gasteiger partial charge in [0.25, 0.3) is 5.91 Å². The predicted octanol–water partition coefficient (Wildman–Crippen LogP) is 7.69. The smallest absolute Gasteiger partial charge is 0.457 e. The van der Waals surface area contributed by atoms with Crippen LogP contribution in [0.3, 0.4) is 0 Å². The van der Waals surface area contributed by atoms with Crippen molar-refractivity contribution in [3.05, 3.63) is 136 Å². The number of imidazole rings is 1. The molecular formula is C62H74Cl2F3N9O10. The molecule has 462 valence electrons. The van der Waals surface area contributed by atoms with Crippen molar-refractivity contribution in [3.63, 3.8) is 0 Å². The number of methoxy groups -OCH3 is 1. The van der Waals surface area contributed by atoms with E-state index < -0.39 is 90.7 Å². The Morgan fingerprint density at radius 3 is 2.15 bits per heavy atom. The Bertz CT molecular complexity index is 3130. The zero-order valence-corrected chi connectivity index (χ0v) is 50.4. The van der Waals surface area contributed by atoms with Crippen molar-refractivity contribution in [1.82, 2.24) is 45.1 Å². The van der Waals surface area contributed by atoms with E-state index in [9.17, 15) is 37.1 Å². The molecule has 0 unspecified atom stereocenters.